The van der Waals surface area contributed by atoms with E-state index in [-0.39, 0.29) is 17.6 Å². The molecule has 2 N–H and O–H groups in total. The number of hydrogen-bond acceptors (Lipinski definition) is 4. The fourth-order valence-electron chi connectivity index (χ4n) is 2.58. The molecular weight excluding hydrogens is 280 g/mol. The fourth-order valence-corrected chi connectivity index (χ4v) is 3.53. The van der Waals surface area contributed by atoms with Crippen molar-refractivity contribution in [3.63, 3.8) is 0 Å². The summed E-state index contributed by atoms with van der Waals surface area (Å²) in [6, 6.07) is 6.22. The number of benzene rings is 1. The Kier molecular flexibility index (Phi) is 3.54. The van der Waals surface area contributed by atoms with Gasteiger partial charge in [-0.15, -0.1) is 11.3 Å². The minimum absolute atomic E-state index is 0.0124. The number of aromatic nitrogens is 1. The third-order valence-corrected chi connectivity index (χ3v) is 5.08. The lowest BCUT2D eigenvalue weighted by molar-refractivity contribution is 0.157. The number of ether oxygens (including phenoxy) is 1. The molecule has 2 atom stereocenters. The first kappa shape index (κ1) is 14.5. The molecule has 0 aliphatic carbocycles. The minimum atomic E-state index is -0.0393. The number of fused-ring (bicyclic) bond motifs is 1. The largest absolute Gasteiger partial charge is 0.484 e. The highest BCUT2D eigenvalue weighted by Crippen LogP contribution is 2.40. The highest BCUT2D eigenvalue weighted by atomic mass is 32.1. The molecule has 4 heteroatoms. The number of aryl methyl sites for hydroxylation is 1. The van der Waals surface area contributed by atoms with Crippen molar-refractivity contribution in [2.24, 2.45) is 5.73 Å². The SMILES string of the molecule is Cc1ccc2c(c1)[C@@H](N)CC(c1csc(C(C)(C)C)n1)O2. The molecule has 1 aromatic heterocycles. The molecule has 1 aliphatic rings. The molecule has 3 rings (SSSR count). The quantitative estimate of drug-likeness (QED) is 0.855. The molecule has 0 saturated heterocycles. The molecule has 21 heavy (non-hydrogen) atoms. The van der Waals surface area contributed by atoms with Crippen LogP contribution in [0.5, 0.6) is 5.75 Å². The Hall–Kier alpha value is -1.39. The van der Waals surface area contributed by atoms with E-state index < -0.39 is 0 Å². The van der Waals surface area contributed by atoms with E-state index in [0.29, 0.717) is 0 Å². The molecule has 1 aromatic carbocycles. The Bertz CT molecular complexity index is 657. The normalized spacial score (nSPS) is 21.8. The molecule has 0 bridgehead atoms. The van der Waals surface area contributed by atoms with Gasteiger partial charge in [-0.2, -0.15) is 0 Å². The van der Waals surface area contributed by atoms with Crippen LogP contribution in [0.3, 0.4) is 0 Å². The van der Waals surface area contributed by atoms with Gasteiger partial charge in [0.15, 0.2) is 0 Å². The number of nitrogens with zero attached hydrogens (tertiary/aromatic N) is 1. The summed E-state index contributed by atoms with van der Waals surface area (Å²) in [5, 5.41) is 3.25. The van der Waals surface area contributed by atoms with Crippen molar-refractivity contribution in [3.05, 3.63) is 45.4 Å². The molecule has 0 saturated carbocycles. The van der Waals surface area contributed by atoms with Gasteiger partial charge in [-0.05, 0) is 13.0 Å². The molecule has 2 heterocycles. The van der Waals surface area contributed by atoms with Crippen LogP contribution in [0.25, 0.3) is 0 Å². The first-order valence-electron chi connectivity index (χ1n) is 7.33. The zero-order valence-corrected chi connectivity index (χ0v) is 13.8. The van der Waals surface area contributed by atoms with E-state index >= 15 is 0 Å². The van der Waals surface area contributed by atoms with Crippen LogP contribution in [0.1, 0.15) is 61.2 Å². The van der Waals surface area contributed by atoms with Gasteiger partial charge in [0, 0.05) is 28.8 Å². The van der Waals surface area contributed by atoms with Crippen molar-refractivity contribution in [2.45, 2.75) is 51.7 Å². The molecule has 2 aromatic rings. The highest BCUT2D eigenvalue weighted by Gasteiger charge is 2.29. The van der Waals surface area contributed by atoms with E-state index in [9.17, 15) is 0 Å². The number of nitrogens with two attached hydrogens (primary N) is 1. The van der Waals surface area contributed by atoms with E-state index in [1.807, 2.05) is 6.07 Å². The maximum atomic E-state index is 6.33. The zero-order valence-electron chi connectivity index (χ0n) is 13.0. The second-order valence-corrected chi connectivity index (χ2v) is 7.68. The number of thiazole rings is 1. The summed E-state index contributed by atoms with van der Waals surface area (Å²) in [7, 11) is 0. The van der Waals surface area contributed by atoms with Crippen LogP contribution < -0.4 is 10.5 Å². The first-order chi connectivity index (χ1) is 9.84. The molecule has 1 unspecified atom stereocenters. The number of hydrogen-bond donors (Lipinski definition) is 1. The summed E-state index contributed by atoms with van der Waals surface area (Å²) in [6.45, 7) is 8.62. The van der Waals surface area contributed by atoms with Crippen LogP contribution in [0.2, 0.25) is 0 Å². The monoisotopic (exact) mass is 302 g/mol. The Balaban J connectivity index is 1.89. The standard InChI is InChI=1S/C17H22N2OS/c1-10-5-6-14-11(7-10)12(18)8-15(20-14)13-9-21-16(19-13)17(2,3)4/h5-7,9,12,15H,8,18H2,1-4H3/t12-,15?/m0/s1. The van der Waals surface area contributed by atoms with Crippen molar-refractivity contribution < 1.29 is 4.74 Å². The van der Waals surface area contributed by atoms with Crippen molar-refractivity contribution in [1.29, 1.82) is 0 Å². The van der Waals surface area contributed by atoms with Gasteiger partial charge in [0.2, 0.25) is 0 Å². The van der Waals surface area contributed by atoms with Crippen LogP contribution in [0, 0.1) is 6.92 Å². The average molecular weight is 302 g/mol. The van der Waals surface area contributed by atoms with Crippen LogP contribution in [0.4, 0.5) is 0 Å². The first-order valence-corrected chi connectivity index (χ1v) is 8.21. The summed E-state index contributed by atoms with van der Waals surface area (Å²) >= 11 is 1.70. The second kappa shape index (κ2) is 5.11. The Morgan fingerprint density at radius 1 is 1.33 bits per heavy atom. The third kappa shape index (κ3) is 2.83. The summed E-state index contributed by atoms with van der Waals surface area (Å²) in [5.41, 5.74) is 9.74. The Morgan fingerprint density at radius 2 is 2.10 bits per heavy atom. The van der Waals surface area contributed by atoms with E-state index in [2.05, 4.69) is 45.2 Å². The number of rotatable bonds is 1. The van der Waals surface area contributed by atoms with Gasteiger partial charge < -0.3 is 10.5 Å². The van der Waals surface area contributed by atoms with Gasteiger partial charge in [-0.3, -0.25) is 0 Å². The lowest BCUT2D eigenvalue weighted by Crippen LogP contribution is -2.24. The topological polar surface area (TPSA) is 48.1 Å². The predicted molar refractivity (Wildman–Crippen MR) is 86.9 cm³/mol. The van der Waals surface area contributed by atoms with E-state index in [0.717, 1.165) is 28.4 Å². The van der Waals surface area contributed by atoms with Crippen LogP contribution in [-0.4, -0.2) is 4.98 Å². The van der Waals surface area contributed by atoms with Gasteiger partial charge >= 0.3 is 0 Å². The van der Waals surface area contributed by atoms with E-state index in [1.165, 1.54) is 5.56 Å². The maximum absolute atomic E-state index is 6.33. The van der Waals surface area contributed by atoms with Gasteiger partial charge in [0.05, 0.1) is 10.7 Å². The molecular formula is C17H22N2OS. The zero-order chi connectivity index (χ0) is 15.2. The van der Waals surface area contributed by atoms with Gasteiger partial charge in [-0.25, -0.2) is 4.98 Å². The van der Waals surface area contributed by atoms with Gasteiger partial charge in [0.1, 0.15) is 11.9 Å². The molecule has 1 aliphatic heterocycles. The van der Waals surface area contributed by atoms with Gasteiger partial charge in [0.25, 0.3) is 0 Å². The Labute approximate surface area is 130 Å². The lowest BCUT2D eigenvalue weighted by Gasteiger charge is -2.29. The fraction of sp³-hybridized carbons (Fsp3) is 0.471. The molecule has 0 spiro atoms. The molecule has 0 fully saturated rings. The summed E-state index contributed by atoms with van der Waals surface area (Å²) in [6.07, 6.45) is 0.742. The van der Waals surface area contributed by atoms with Crippen molar-refractivity contribution in [2.75, 3.05) is 0 Å². The van der Waals surface area contributed by atoms with Gasteiger partial charge in [-0.1, -0.05) is 38.5 Å². The third-order valence-electron chi connectivity index (χ3n) is 3.80. The van der Waals surface area contributed by atoms with Crippen LogP contribution in [0.15, 0.2) is 23.6 Å². The smallest absolute Gasteiger partial charge is 0.143 e. The van der Waals surface area contributed by atoms with Crippen LogP contribution >= 0.6 is 11.3 Å². The van der Waals surface area contributed by atoms with Crippen molar-refractivity contribution >= 4 is 11.3 Å². The lowest BCUT2D eigenvalue weighted by atomic mass is 9.94. The maximum Gasteiger partial charge on any atom is 0.143 e. The molecule has 3 nitrogen and oxygen atoms in total. The van der Waals surface area contributed by atoms with Crippen LogP contribution in [-0.2, 0) is 5.41 Å². The molecule has 0 amide bonds. The van der Waals surface area contributed by atoms with E-state index in [4.69, 9.17) is 15.5 Å². The minimum Gasteiger partial charge on any atom is -0.484 e. The summed E-state index contributed by atoms with van der Waals surface area (Å²) in [4.78, 5) is 4.77. The molecule has 112 valence electrons. The Morgan fingerprint density at radius 3 is 2.76 bits per heavy atom. The molecule has 0 radical (unpaired) electrons. The summed E-state index contributed by atoms with van der Waals surface area (Å²) < 4.78 is 6.13. The van der Waals surface area contributed by atoms with Crippen molar-refractivity contribution in [1.82, 2.24) is 4.98 Å². The van der Waals surface area contributed by atoms with Crippen molar-refractivity contribution in [3.8, 4) is 5.75 Å². The van der Waals surface area contributed by atoms with E-state index in [1.54, 1.807) is 11.3 Å². The predicted octanol–water partition coefficient (Wildman–Crippen LogP) is 4.27. The second-order valence-electron chi connectivity index (χ2n) is 6.82. The highest BCUT2D eigenvalue weighted by molar-refractivity contribution is 7.09. The average Bonchev–Trinajstić information content (AvgIpc) is 2.89. The summed E-state index contributed by atoms with van der Waals surface area (Å²) in [5.74, 6) is 0.898.